The minimum atomic E-state index is -0.00658. The number of nitrogens with zero attached hydrogens (tertiary/aromatic N) is 2. The molecule has 2 aromatic carbocycles. The lowest BCUT2D eigenvalue weighted by molar-refractivity contribution is 0.197. The molecule has 0 aliphatic carbocycles. The van der Waals surface area contributed by atoms with Gasteiger partial charge in [-0.1, -0.05) is 73.3 Å². The average Bonchev–Trinajstić information content (AvgIpc) is 3.43. The summed E-state index contributed by atoms with van der Waals surface area (Å²) in [5.74, 6) is 0.232. The van der Waals surface area contributed by atoms with E-state index in [1.165, 1.54) is 16.0 Å². The smallest absolute Gasteiger partial charge is 0.317 e. The van der Waals surface area contributed by atoms with E-state index >= 15 is 0 Å². The van der Waals surface area contributed by atoms with Crippen LogP contribution in [0.2, 0.25) is 0 Å². The Morgan fingerprint density at radius 1 is 1.00 bits per heavy atom. The molecule has 5 nitrogen and oxygen atoms in total. The Morgan fingerprint density at radius 3 is 2.28 bits per heavy atom. The second-order valence-electron chi connectivity index (χ2n) is 9.42. The van der Waals surface area contributed by atoms with Gasteiger partial charge in [0.05, 0.1) is 0 Å². The number of carbonyl (C=O) groups excluding carboxylic acids is 1. The van der Waals surface area contributed by atoms with Crippen molar-refractivity contribution in [2.45, 2.75) is 18.8 Å². The van der Waals surface area contributed by atoms with Gasteiger partial charge in [-0.25, -0.2) is 4.79 Å². The fraction of sp³-hybridized carbons (Fsp3) is 0.367. The molecule has 4 rings (SSSR count). The number of hydrogen-bond donors (Lipinski definition) is 2. The monoisotopic (exact) mass is 502 g/mol. The molecule has 2 heterocycles. The van der Waals surface area contributed by atoms with E-state index < -0.39 is 0 Å². The number of carbonyl (C=O) groups is 1. The third kappa shape index (κ3) is 8.05. The number of hydrogen-bond acceptors (Lipinski definition) is 4. The number of rotatable bonds is 12. The number of amides is 2. The first-order valence-electron chi connectivity index (χ1n) is 12.9. The minimum Gasteiger partial charge on any atom is -0.338 e. The van der Waals surface area contributed by atoms with Crippen molar-refractivity contribution in [2.75, 3.05) is 52.4 Å². The van der Waals surface area contributed by atoms with Crippen LogP contribution in [0.4, 0.5) is 4.79 Å². The predicted molar refractivity (Wildman–Crippen MR) is 151 cm³/mol. The average molecular weight is 503 g/mol. The molecule has 1 saturated heterocycles. The topological polar surface area (TPSA) is 47.6 Å². The molecular formula is C30H38N4OS. The van der Waals surface area contributed by atoms with Crippen LogP contribution in [-0.2, 0) is 6.42 Å². The standard InChI is InChI=1S/C30H38N4OS/c1-25(23-33-20-17-31-18-21-33)24-34(30(35)32-16-14-28-13-8-22-36-28)19-15-29(26-9-4-2-5-10-26)27-11-6-3-7-12-27/h2-13,22,29,31H,1,14-21,23-24H2,(H,32,35). The zero-order chi connectivity index (χ0) is 25.0. The third-order valence-corrected chi connectivity index (χ3v) is 7.61. The van der Waals surface area contributed by atoms with Crippen LogP contribution in [-0.4, -0.2) is 68.2 Å². The maximum atomic E-state index is 13.3. The van der Waals surface area contributed by atoms with Gasteiger partial charge in [-0.2, -0.15) is 0 Å². The van der Waals surface area contributed by atoms with Gasteiger partial charge in [0.25, 0.3) is 0 Å². The third-order valence-electron chi connectivity index (χ3n) is 6.68. The van der Waals surface area contributed by atoms with Crippen molar-refractivity contribution in [3.05, 3.63) is 106 Å². The van der Waals surface area contributed by atoms with Crippen LogP contribution in [0.15, 0.2) is 90.3 Å². The summed E-state index contributed by atoms with van der Waals surface area (Å²) < 4.78 is 0. The molecule has 0 unspecified atom stereocenters. The summed E-state index contributed by atoms with van der Waals surface area (Å²) in [5.41, 5.74) is 3.64. The van der Waals surface area contributed by atoms with Crippen molar-refractivity contribution in [1.29, 1.82) is 0 Å². The Morgan fingerprint density at radius 2 is 1.67 bits per heavy atom. The molecule has 3 aromatic rings. The minimum absolute atomic E-state index is 0.00658. The first kappa shape index (κ1) is 26.1. The van der Waals surface area contributed by atoms with Gasteiger partial charge in [-0.05, 0) is 41.0 Å². The fourth-order valence-corrected chi connectivity index (χ4v) is 5.51. The summed E-state index contributed by atoms with van der Waals surface area (Å²) in [5, 5.41) is 8.64. The summed E-state index contributed by atoms with van der Waals surface area (Å²) in [4.78, 5) is 19.0. The Hall–Kier alpha value is -2.93. The maximum absolute atomic E-state index is 13.3. The second kappa shape index (κ2) is 14.0. The Balaban J connectivity index is 1.42. The van der Waals surface area contributed by atoms with Crippen molar-refractivity contribution >= 4 is 17.4 Å². The summed E-state index contributed by atoms with van der Waals surface area (Å²) >= 11 is 1.73. The van der Waals surface area contributed by atoms with Crippen LogP contribution < -0.4 is 10.6 Å². The largest absolute Gasteiger partial charge is 0.338 e. The lowest BCUT2D eigenvalue weighted by Gasteiger charge is -2.31. The van der Waals surface area contributed by atoms with Crippen molar-refractivity contribution in [3.8, 4) is 0 Å². The number of piperazine rings is 1. The summed E-state index contributed by atoms with van der Waals surface area (Å²) in [6.45, 7) is 11.1. The molecule has 0 radical (unpaired) electrons. The SMILES string of the molecule is C=C(CN1CCNCC1)CN(CCC(c1ccccc1)c1ccccc1)C(=O)NCCc1cccs1. The Bertz CT molecular complexity index is 1010. The van der Waals surface area contributed by atoms with Gasteiger partial charge < -0.3 is 15.5 Å². The van der Waals surface area contributed by atoms with Crippen LogP contribution in [0, 0.1) is 0 Å². The molecule has 6 heteroatoms. The number of nitrogens with one attached hydrogen (secondary N) is 2. The Labute approximate surface area is 219 Å². The van der Waals surface area contributed by atoms with Crippen molar-refractivity contribution < 1.29 is 4.79 Å². The molecule has 2 N–H and O–H groups in total. The zero-order valence-corrected chi connectivity index (χ0v) is 21.9. The molecule has 1 aliphatic heterocycles. The van der Waals surface area contributed by atoms with Gasteiger partial charge in [-0.3, -0.25) is 4.90 Å². The van der Waals surface area contributed by atoms with Crippen molar-refractivity contribution in [2.24, 2.45) is 0 Å². The van der Waals surface area contributed by atoms with Gasteiger partial charge >= 0.3 is 6.03 Å². The number of urea groups is 1. The zero-order valence-electron chi connectivity index (χ0n) is 21.1. The highest BCUT2D eigenvalue weighted by Crippen LogP contribution is 2.28. The van der Waals surface area contributed by atoms with E-state index in [1.54, 1.807) is 11.3 Å². The first-order chi connectivity index (χ1) is 17.7. The number of thiophene rings is 1. The summed E-state index contributed by atoms with van der Waals surface area (Å²) in [6.07, 6.45) is 1.71. The van der Waals surface area contributed by atoms with Crippen LogP contribution >= 0.6 is 11.3 Å². The lowest BCUT2D eigenvalue weighted by atomic mass is 9.88. The summed E-state index contributed by atoms with van der Waals surface area (Å²) in [6, 6.07) is 25.4. The molecule has 0 spiro atoms. The lowest BCUT2D eigenvalue weighted by Crippen LogP contribution is -2.46. The van der Waals surface area contributed by atoms with E-state index in [2.05, 4.69) is 100 Å². The van der Waals surface area contributed by atoms with E-state index in [4.69, 9.17) is 0 Å². The molecule has 0 bridgehead atoms. The van der Waals surface area contributed by atoms with Crippen molar-refractivity contribution in [1.82, 2.24) is 20.4 Å². The maximum Gasteiger partial charge on any atom is 0.317 e. The van der Waals surface area contributed by atoms with E-state index in [9.17, 15) is 4.79 Å². The highest BCUT2D eigenvalue weighted by Gasteiger charge is 2.20. The molecule has 1 aromatic heterocycles. The van der Waals surface area contributed by atoms with Gasteiger partial charge in [0.15, 0.2) is 0 Å². The van der Waals surface area contributed by atoms with Gasteiger partial charge in [0.2, 0.25) is 0 Å². The first-order valence-corrected chi connectivity index (χ1v) is 13.8. The quantitative estimate of drug-likeness (QED) is 0.343. The predicted octanol–water partition coefficient (Wildman–Crippen LogP) is 4.99. The second-order valence-corrected chi connectivity index (χ2v) is 10.5. The molecule has 36 heavy (non-hydrogen) atoms. The van der Waals surface area contributed by atoms with Crippen LogP contribution in [0.25, 0.3) is 0 Å². The van der Waals surface area contributed by atoms with E-state index in [0.717, 1.165) is 51.1 Å². The normalized spacial score (nSPS) is 14.0. The van der Waals surface area contributed by atoms with Crippen LogP contribution in [0.5, 0.6) is 0 Å². The molecule has 1 fully saturated rings. The molecular weight excluding hydrogens is 464 g/mol. The van der Waals surface area contributed by atoms with Crippen molar-refractivity contribution in [3.63, 3.8) is 0 Å². The van der Waals surface area contributed by atoms with Crippen LogP contribution in [0.1, 0.15) is 28.3 Å². The fourth-order valence-electron chi connectivity index (χ4n) is 4.80. The highest BCUT2D eigenvalue weighted by molar-refractivity contribution is 7.09. The van der Waals surface area contributed by atoms with E-state index in [-0.39, 0.29) is 11.9 Å². The number of benzene rings is 2. The van der Waals surface area contributed by atoms with E-state index in [1.807, 2.05) is 4.90 Å². The van der Waals surface area contributed by atoms with Gasteiger partial charge in [0.1, 0.15) is 0 Å². The summed E-state index contributed by atoms with van der Waals surface area (Å²) in [7, 11) is 0. The van der Waals surface area contributed by atoms with E-state index in [0.29, 0.717) is 19.6 Å². The highest BCUT2D eigenvalue weighted by atomic mass is 32.1. The Kier molecular flexibility index (Phi) is 10.1. The molecule has 190 valence electrons. The van der Waals surface area contributed by atoms with Gasteiger partial charge in [-0.15, -0.1) is 11.3 Å². The molecule has 2 amide bonds. The molecule has 1 aliphatic rings. The molecule has 0 atom stereocenters. The van der Waals surface area contributed by atoms with Gasteiger partial charge in [0, 0.05) is 63.2 Å². The molecule has 0 saturated carbocycles. The van der Waals surface area contributed by atoms with Crippen LogP contribution in [0.3, 0.4) is 0 Å².